The summed E-state index contributed by atoms with van der Waals surface area (Å²) < 4.78 is 4.64. The van der Waals surface area contributed by atoms with Crippen LogP contribution < -0.4 is 11.1 Å². The first-order valence-corrected chi connectivity index (χ1v) is 5.88. The van der Waals surface area contributed by atoms with Crippen LogP contribution in [0.2, 0.25) is 0 Å². The molecule has 0 heterocycles. The molecule has 1 unspecified atom stereocenters. The summed E-state index contributed by atoms with van der Waals surface area (Å²) in [5.41, 5.74) is 7.42. The van der Waals surface area contributed by atoms with Crippen LogP contribution >= 0.6 is 0 Å². The molecule has 0 aliphatic carbocycles. The number of nitrogens with one attached hydrogen (secondary N) is 1. The predicted molar refractivity (Wildman–Crippen MR) is 67.8 cm³/mol. The second-order valence-electron chi connectivity index (χ2n) is 3.94. The van der Waals surface area contributed by atoms with Crippen molar-refractivity contribution in [2.24, 2.45) is 5.73 Å². The highest BCUT2D eigenvalue weighted by molar-refractivity contribution is 5.64. The average molecular weight is 236 g/mol. The minimum atomic E-state index is -0.730. The first-order valence-electron chi connectivity index (χ1n) is 5.88. The first kappa shape index (κ1) is 13.5. The summed E-state index contributed by atoms with van der Waals surface area (Å²) in [6.45, 7) is 5.11. The van der Waals surface area contributed by atoms with E-state index in [9.17, 15) is 4.79 Å². The van der Waals surface area contributed by atoms with Gasteiger partial charge < -0.3 is 15.8 Å². The zero-order valence-corrected chi connectivity index (χ0v) is 10.4. The van der Waals surface area contributed by atoms with E-state index in [2.05, 4.69) is 48.2 Å². The van der Waals surface area contributed by atoms with Gasteiger partial charge in [-0.05, 0) is 24.5 Å². The molecule has 0 fully saturated rings. The Morgan fingerprint density at radius 1 is 1.41 bits per heavy atom. The number of carbonyl (C=O) groups excluding carboxylic acids is 1. The van der Waals surface area contributed by atoms with Crippen LogP contribution in [0.4, 0.5) is 4.79 Å². The van der Waals surface area contributed by atoms with Gasteiger partial charge in [-0.15, -0.1) is 0 Å². The molecule has 1 rings (SSSR count). The fraction of sp³-hybridized carbons (Fsp3) is 0.462. The normalized spacial score (nSPS) is 12.1. The lowest BCUT2D eigenvalue weighted by Crippen LogP contribution is -2.25. The van der Waals surface area contributed by atoms with Crippen molar-refractivity contribution in [3.63, 3.8) is 0 Å². The van der Waals surface area contributed by atoms with E-state index in [1.54, 1.807) is 0 Å². The summed E-state index contributed by atoms with van der Waals surface area (Å²) in [4.78, 5) is 10.4. The van der Waals surface area contributed by atoms with Crippen molar-refractivity contribution in [1.29, 1.82) is 0 Å². The lowest BCUT2D eigenvalue weighted by atomic mass is 10.1. The average Bonchev–Trinajstić information content (AvgIpc) is 2.34. The standard InChI is InChI=1S/C13H20N2O2/c1-3-11-4-6-12(7-5-11)10(2)15-8-9-17-13(14)16/h4-7,10,15H,3,8-9H2,1-2H3,(H2,14,16). The lowest BCUT2D eigenvalue weighted by Gasteiger charge is -2.14. The fourth-order valence-electron chi connectivity index (χ4n) is 1.59. The van der Waals surface area contributed by atoms with Crippen LogP contribution in [0.15, 0.2) is 24.3 Å². The van der Waals surface area contributed by atoms with E-state index in [0.717, 1.165) is 6.42 Å². The number of rotatable bonds is 6. The highest BCUT2D eigenvalue weighted by Gasteiger charge is 2.04. The summed E-state index contributed by atoms with van der Waals surface area (Å²) in [5.74, 6) is 0. The Morgan fingerprint density at radius 2 is 2.06 bits per heavy atom. The Kier molecular flexibility index (Phi) is 5.49. The molecule has 94 valence electrons. The highest BCUT2D eigenvalue weighted by Crippen LogP contribution is 2.13. The summed E-state index contributed by atoms with van der Waals surface area (Å²) in [7, 11) is 0. The molecule has 0 saturated heterocycles. The molecule has 0 bridgehead atoms. The van der Waals surface area contributed by atoms with Crippen LogP contribution in [0.25, 0.3) is 0 Å². The van der Waals surface area contributed by atoms with Crippen LogP contribution in [0.3, 0.4) is 0 Å². The van der Waals surface area contributed by atoms with Gasteiger partial charge in [-0.2, -0.15) is 0 Å². The van der Waals surface area contributed by atoms with Gasteiger partial charge in [0.2, 0.25) is 0 Å². The van der Waals surface area contributed by atoms with E-state index < -0.39 is 6.09 Å². The monoisotopic (exact) mass is 236 g/mol. The van der Waals surface area contributed by atoms with E-state index in [4.69, 9.17) is 5.73 Å². The summed E-state index contributed by atoms with van der Waals surface area (Å²) in [6.07, 6.45) is 0.320. The van der Waals surface area contributed by atoms with E-state index in [1.807, 2.05) is 0 Å². The molecule has 1 aromatic carbocycles. The molecule has 1 aromatic rings. The van der Waals surface area contributed by atoms with E-state index in [0.29, 0.717) is 13.2 Å². The number of aryl methyl sites for hydroxylation is 1. The lowest BCUT2D eigenvalue weighted by molar-refractivity contribution is 0.156. The van der Waals surface area contributed by atoms with Gasteiger partial charge in [0.25, 0.3) is 0 Å². The van der Waals surface area contributed by atoms with Gasteiger partial charge >= 0.3 is 6.09 Å². The molecule has 0 spiro atoms. The van der Waals surface area contributed by atoms with Gasteiger partial charge in [0.1, 0.15) is 6.61 Å². The number of primary amides is 1. The molecule has 4 heteroatoms. The SMILES string of the molecule is CCc1ccc(C(C)NCCOC(N)=O)cc1. The van der Waals surface area contributed by atoms with Crippen LogP contribution in [0.1, 0.15) is 31.0 Å². The topological polar surface area (TPSA) is 64.3 Å². The van der Waals surface area contributed by atoms with Gasteiger partial charge in [-0.3, -0.25) is 0 Å². The van der Waals surface area contributed by atoms with Crippen molar-refractivity contribution in [3.8, 4) is 0 Å². The fourth-order valence-corrected chi connectivity index (χ4v) is 1.59. The Bertz CT molecular complexity index is 349. The van der Waals surface area contributed by atoms with E-state index >= 15 is 0 Å². The van der Waals surface area contributed by atoms with E-state index in [-0.39, 0.29) is 6.04 Å². The van der Waals surface area contributed by atoms with Crippen LogP contribution in [0, 0.1) is 0 Å². The maximum Gasteiger partial charge on any atom is 0.404 e. The number of ether oxygens (including phenoxy) is 1. The maximum atomic E-state index is 10.4. The number of nitrogens with two attached hydrogens (primary N) is 1. The van der Waals surface area contributed by atoms with Gasteiger partial charge in [0.15, 0.2) is 0 Å². The predicted octanol–water partition coefficient (Wildman–Crippen LogP) is 1.99. The molecule has 1 amide bonds. The minimum absolute atomic E-state index is 0.234. The Labute approximate surface area is 102 Å². The van der Waals surface area contributed by atoms with Gasteiger partial charge in [0, 0.05) is 12.6 Å². The quantitative estimate of drug-likeness (QED) is 0.742. The van der Waals surface area contributed by atoms with Gasteiger partial charge in [-0.25, -0.2) is 4.79 Å². The molecule has 4 nitrogen and oxygen atoms in total. The van der Waals surface area contributed by atoms with E-state index in [1.165, 1.54) is 11.1 Å². The van der Waals surface area contributed by atoms with Crippen molar-refractivity contribution in [1.82, 2.24) is 5.32 Å². The second-order valence-corrected chi connectivity index (χ2v) is 3.94. The second kappa shape index (κ2) is 6.91. The van der Waals surface area contributed by atoms with Crippen molar-refractivity contribution < 1.29 is 9.53 Å². The van der Waals surface area contributed by atoms with Crippen LogP contribution in [-0.4, -0.2) is 19.2 Å². The number of hydrogen-bond acceptors (Lipinski definition) is 3. The zero-order valence-electron chi connectivity index (χ0n) is 10.4. The maximum absolute atomic E-state index is 10.4. The van der Waals surface area contributed by atoms with Crippen molar-refractivity contribution >= 4 is 6.09 Å². The molecule has 0 aliphatic rings. The molecule has 1 atom stereocenters. The molecule has 0 saturated carbocycles. The summed E-state index contributed by atoms with van der Waals surface area (Å²) in [6, 6.07) is 8.73. The Morgan fingerprint density at radius 3 is 2.59 bits per heavy atom. The highest BCUT2D eigenvalue weighted by atomic mass is 16.5. The number of carbonyl (C=O) groups is 1. The van der Waals surface area contributed by atoms with Crippen molar-refractivity contribution in [2.45, 2.75) is 26.3 Å². The Balaban J connectivity index is 2.35. The Hall–Kier alpha value is -1.55. The number of amides is 1. The van der Waals surface area contributed by atoms with Crippen LogP contribution in [0.5, 0.6) is 0 Å². The number of benzene rings is 1. The molecule has 3 N–H and O–H groups in total. The third-order valence-electron chi connectivity index (χ3n) is 2.68. The van der Waals surface area contributed by atoms with Crippen LogP contribution in [-0.2, 0) is 11.2 Å². The molecular formula is C13H20N2O2. The first-order chi connectivity index (χ1) is 8.13. The third-order valence-corrected chi connectivity index (χ3v) is 2.68. The molecule has 0 aliphatic heterocycles. The largest absolute Gasteiger partial charge is 0.448 e. The minimum Gasteiger partial charge on any atom is -0.448 e. The zero-order chi connectivity index (χ0) is 12.7. The smallest absolute Gasteiger partial charge is 0.404 e. The van der Waals surface area contributed by atoms with Crippen molar-refractivity contribution in [2.75, 3.05) is 13.2 Å². The molecular weight excluding hydrogens is 216 g/mol. The van der Waals surface area contributed by atoms with Gasteiger partial charge in [0.05, 0.1) is 0 Å². The summed E-state index contributed by atoms with van der Waals surface area (Å²) >= 11 is 0. The molecule has 0 aromatic heterocycles. The third kappa shape index (κ3) is 4.87. The summed E-state index contributed by atoms with van der Waals surface area (Å²) in [5, 5.41) is 3.26. The van der Waals surface area contributed by atoms with Gasteiger partial charge in [-0.1, -0.05) is 31.2 Å². The molecule has 17 heavy (non-hydrogen) atoms. The molecule has 0 radical (unpaired) electrons. The number of hydrogen-bond donors (Lipinski definition) is 2. The van der Waals surface area contributed by atoms with Crippen molar-refractivity contribution in [3.05, 3.63) is 35.4 Å².